The molecule has 0 aromatic heterocycles. The zero-order valence-corrected chi connectivity index (χ0v) is 11.0. The number of nitro benzene ring substituents is 1. The van der Waals surface area contributed by atoms with Gasteiger partial charge in [-0.3, -0.25) is 14.9 Å². The SMILES string of the molecule is CC(=O)Nc1cc(NCC(C)C)c(F)cc1[N+](=O)[O-]. The molecular weight excluding hydrogens is 253 g/mol. The van der Waals surface area contributed by atoms with Crippen molar-refractivity contribution in [3.63, 3.8) is 0 Å². The first-order valence-corrected chi connectivity index (χ1v) is 5.80. The van der Waals surface area contributed by atoms with E-state index in [1.165, 1.54) is 13.0 Å². The van der Waals surface area contributed by atoms with E-state index in [0.29, 0.717) is 12.5 Å². The molecule has 1 amide bonds. The third kappa shape index (κ3) is 4.20. The predicted molar refractivity (Wildman–Crippen MR) is 70.7 cm³/mol. The summed E-state index contributed by atoms with van der Waals surface area (Å²) in [6, 6.07) is 2.03. The lowest BCUT2D eigenvalue weighted by atomic mass is 10.2. The summed E-state index contributed by atoms with van der Waals surface area (Å²) in [6.07, 6.45) is 0. The minimum absolute atomic E-state index is 0.0230. The number of carbonyl (C=O) groups excluding carboxylic acids is 1. The normalized spacial score (nSPS) is 10.4. The van der Waals surface area contributed by atoms with E-state index < -0.39 is 22.3 Å². The van der Waals surface area contributed by atoms with Gasteiger partial charge in [0, 0.05) is 13.5 Å². The van der Waals surface area contributed by atoms with E-state index in [1.807, 2.05) is 13.8 Å². The Labute approximate surface area is 110 Å². The summed E-state index contributed by atoms with van der Waals surface area (Å²) < 4.78 is 13.7. The third-order valence-corrected chi connectivity index (χ3v) is 2.29. The van der Waals surface area contributed by atoms with Crippen molar-refractivity contribution in [1.82, 2.24) is 0 Å². The van der Waals surface area contributed by atoms with Crippen LogP contribution in [0.2, 0.25) is 0 Å². The molecule has 0 atom stereocenters. The molecule has 7 heteroatoms. The van der Waals surface area contributed by atoms with Gasteiger partial charge in [0.25, 0.3) is 5.69 Å². The van der Waals surface area contributed by atoms with Crippen LogP contribution in [0.5, 0.6) is 0 Å². The van der Waals surface area contributed by atoms with Gasteiger partial charge < -0.3 is 10.6 Å². The molecule has 104 valence electrons. The number of carbonyl (C=O) groups is 1. The number of rotatable bonds is 5. The first-order valence-electron chi connectivity index (χ1n) is 5.80. The van der Waals surface area contributed by atoms with Crippen LogP contribution in [0.15, 0.2) is 12.1 Å². The van der Waals surface area contributed by atoms with Gasteiger partial charge in [0.05, 0.1) is 16.7 Å². The van der Waals surface area contributed by atoms with Gasteiger partial charge in [0.1, 0.15) is 5.69 Å². The maximum Gasteiger partial charge on any atom is 0.295 e. The van der Waals surface area contributed by atoms with Crippen LogP contribution in [0, 0.1) is 21.8 Å². The van der Waals surface area contributed by atoms with E-state index in [4.69, 9.17) is 0 Å². The molecule has 0 aliphatic rings. The fourth-order valence-electron chi connectivity index (χ4n) is 1.45. The highest BCUT2D eigenvalue weighted by Crippen LogP contribution is 2.30. The summed E-state index contributed by atoms with van der Waals surface area (Å²) in [5, 5.41) is 16.0. The number of nitro groups is 1. The Morgan fingerprint density at radius 1 is 1.42 bits per heavy atom. The largest absolute Gasteiger partial charge is 0.382 e. The second-order valence-electron chi connectivity index (χ2n) is 4.56. The minimum atomic E-state index is -0.736. The molecule has 2 N–H and O–H groups in total. The van der Waals surface area contributed by atoms with Crippen LogP contribution in [0.3, 0.4) is 0 Å². The number of hydrogen-bond donors (Lipinski definition) is 2. The van der Waals surface area contributed by atoms with E-state index in [0.717, 1.165) is 6.07 Å². The first-order chi connectivity index (χ1) is 8.81. The Morgan fingerprint density at radius 3 is 2.53 bits per heavy atom. The van der Waals surface area contributed by atoms with E-state index >= 15 is 0 Å². The molecule has 0 unspecified atom stereocenters. The van der Waals surface area contributed by atoms with Crippen molar-refractivity contribution in [2.24, 2.45) is 5.92 Å². The van der Waals surface area contributed by atoms with Gasteiger partial charge in [-0.15, -0.1) is 0 Å². The summed E-state index contributed by atoms with van der Waals surface area (Å²) in [6.45, 7) is 5.65. The molecule has 0 aliphatic heterocycles. The standard InChI is InChI=1S/C12H16FN3O3/c1-7(2)6-14-10-5-11(15-8(3)17)12(16(18)19)4-9(10)13/h4-5,7,14H,6H2,1-3H3,(H,15,17). The van der Waals surface area contributed by atoms with Crippen molar-refractivity contribution in [3.8, 4) is 0 Å². The minimum Gasteiger partial charge on any atom is -0.382 e. The lowest BCUT2D eigenvalue weighted by molar-refractivity contribution is -0.384. The summed E-state index contributed by atoms with van der Waals surface area (Å²) in [4.78, 5) is 21.1. The molecule has 1 rings (SSSR count). The molecule has 0 heterocycles. The second kappa shape index (κ2) is 6.12. The van der Waals surface area contributed by atoms with Gasteiger partial charge in [-0.2, -0.15) is 0 Å². The number of anilines is 2. The molecular formula is C12H16FN3O3. The highest BCUT2D eigenvalue weighted by atomic mass is 19.1. The van der Waals surface area contributed by atoms with Crippen LogP contribution in [-0.4, -0.2) is 17.4 Å². The molecule has 0 aliphatic carbocycles. The fraction of sp³-hybridized carbons (Fsp3) is 0.417. The van der Waals surface area contributed by atoms with E-state index in [2.05, 4.69) is 10.6 Å². The Kier molecular flexibility index (Phi) is 4.80. The number of hydrogen-bond acceptors (Lipinski definition) is 4. The van der Waals surface area contributed by atoms with Crippen LogP contribution < -0.4 is 10.6 Å². The van der Waals surface area contributed by atoms with Gasteiger partial charge in [-0.05, 0) is 12.0 Å². The quantitative estimate of drug-likeness (QED) is 0.636. The van der Waals surface area contributed by atoms with Gasteiger partial charge in [-0.1, -0.05) is 13.8 Å². The van der Waals surface area contributed by atoms with Crippen molar-refractivity contribution in [3.05, 3.63) is 28.1 Å². The Hall–Kier alpha value is -2.18. The maximum absolute atomic E-state index is 13.7. The average Bonchev–Trinajstić information content (AvgIpc) is 2.28. The van der Waals surface area contributed by atoms with Crippen molar-refractivity contribution >= 4 is 23.0 Å². The monoisotopic (exact) mass is 269 g/mol. The Balaban J connectivity index is 3.13. The van der Waals surface area contributed by atoms with E-state index in [9.17, 15) is 19.3 Å². The number of nitrogens with one attached hydrogen (secondary N) is 2. The number of amides is 1. The van der Waals surface area contributed by atoms with Crippen molar-refractivity contribution in [1.29, 1.82) is 0 Å². The van der Waals surface area contributed by atoms with Gasteiger partial charge in [-0.25, -0.2) is 4.39 Å². The zero-order valence-electron chi connectivity index (χ0n) is 11.0. The van der Waals surface area contributed by atoms with Crippen molar-refractivity contribution in [2.45, 2.75) is 20.8 Å². The summed E-state index contributed by atoms with van der Waals surface area (Å²) in [5.74, 6) is -0.884. The third-order valence-electron chi connectivity index (χ3n) is 2.29. The first kappa shape index (κ1) is 14.9. The van der Waals surface area contributed by atoms with Crippen molar-refractivity contribution < 1.29 is 14.1 Å². The fourth-order valence-corrected chi connectivity index (χ4v) is 1.45. The molecule has 0 fully saturated rings. The van der Waals surface area contributed by atoms with Crippen LogP contribution in [0.4, 0.5) is 21.5 Å². The second-order valence-corrected chi connectivity index (χ2v) is 4.56. The molecule has 0 radical (unpaired) electrons. The number of nitrogens with zero attached hydrogens (tertiary/aromatic N) is 1. The lowest BCUT2D eigenvalue weighted by Crippen LogP contribution is -2.12. The summed E-state index contributed by atoms with van der Waals surface area (Å²) in [7, 11) is 0. The number of halogens is 1. The number of benzene rings is 1. The molecule has 0 bridgehead atoms. The van der Waals surface area contributed by atoms with E-state index in [-0.39, 0.29) is 11.4 Å². The van der Waals surface area contributed by atoms with Gasteiger partial charge in [0.2, 0.25) is 5.91 Å². The maximum atomic E-state index is 13.7. The molecule has 6 nitrogen and oxygen atoms in total. The highest BCUT2D eigenvalue weighted by molar-refractivity contribution is 5.92. The van der Waals surface area contributed by atoms with Gasteiger partial charge in [0.15, 0.2) is 5.82 Å². The Bertz CT molecular complexity index is 503. The molecule has 0 saturated carbocycles. The van der Waals surface area contributed by atoms with E-state index in [1.54, 1.807) is 0 Å². The van der Waals surface area contributed by atoms with Gasteiger partial charge >= 0.3 is 0 Å². The Morgan fingerprint density at radius 2 is 2.05 bits per heavy atom. The lowest BCUT2D eigenvalue weighted by Gasteiger charge is -2.12. The highest BCUT2D eigenvalue weighted by Gasteiger charge is 2.19. The topological polar surface area (TPSA) is 84.3 Å². The molecule has 0 saturated heterocycles. The zero-order chi connectivity index (χ0) is 14.6. The molecule has 1 aromatic carbocycles. The molecule has 1 aromatic rings. The summed E-state index contributed by atoms with van der Waals surface area (Å²) in [5.41, 5.74) is -0.365. The smallest absolute Gasteiger partial charge is 0.295 e. The molecule has 19 heavy (non-hydrogen) atoms. The van der Waals surface area contributed by atoms with Crippen LogP contribution in [0.25, 0.3) is 0 Å². The van der Waals surface area contributed by atoms with Crippen LogP contribution in [-0.2, 0) is 4.79 Å². The van der Waals surface area contributed by atoms with Crippen molar-refractivity contribution in [2.75, 3.05) is 17.2 Å². The average molecular weight is 269 g/mol. The van der Waals surface area contributed by atoms with Crippen LogP contribution >= 0.6 is 0 Å². The summed E-state index contributed by atoms with van der Waals surface area (Å²) >= 11 is 0. The van der Waals surface area contributed by atoms with Crippen LogP contribution in [0.1, 0.15) is 20.8 Å². The molecule has 0 spiro atoms. The predicted octanol–water partition coefficient (Wildman–Crippen LogP) is 2.76.